The van der Waals surface area contributed by atoms with Crippen LogP contribution in [0.4, 0.5) is 5.13 Å². The molecule has 0 radical (unpaired) electrons. The topological polar surface area (TPSA) is 60.2 Å². The molecule has 0 unspecified atom stereocenters. The Kier molecular flexibility index (Phi) is 6.06. The number of benzene rings is 2. The fraction of sp³-hybridized carbons (Fsp3) is 0.227. The van der Waals surface area contributed by atoms with Gasteiger partial charge in [-0.1, -0.05) is 23.9 Å². The van der Waals surface area contributed by atoms with Crippen LogP contribution in [0, 0.1) is 0 Å². The monoisotopic (exact) mass is 438 g/mol. The lowest BCUT2D eigenvalue weighted by atomic mass is 10.2. The van der Waals surface area contributed by atoms with Gasteiger partial charge in [0.05, 0.1) is 23.8 Å². The number of thiazole rings is 1. The number of hydrogen-bond acceptors (Lipinski definition) is 6. The van der Waals surface area contributed by atoms with E-state index in [-0.39, 0.29) is 5.91 Å². The number of rotatable bonds is 7. The summed E-state index contributed by atoms with van der Waals surface area (Å²) >= 11 is 3.13. The van der Waals surface area contributed by atoms with Crippen LogP contribution in [0.25, 0.3) is 16.7 Å². The van der Waals surface area contributed by atoms with Gasteiger partial charge in [0, 0.05) is 30.3 Å². The van der Waals surface area contributed by atoms with Crippen LogP contribution in [-0.2, 0) is 10.5 Å². The number of ether oxygens (including phenoxy) is 1. The number of carbonyl (C=O) groups excluding carboxylic acids is 1. The van der Waals surface area contributed by atoms with E-state index in [2.05, 4.69) is 15.6 Å². The molecule has 0 saturated heterocycles. The Balaban J connectivity index is 1.63. The summed E-state index contributed by atoms with van der Waals surface area (Å²) in [5, 5.41) is 3.65. The summed E-state index contributed by atoms with van der Waals surface area (Å²) in [6.07, 6.45) is 0. The predicted molar refractivity (Wildman–Crippen MR) is 123 cm³/mol. The normalized spacial score (nSPS) is 11.0. The molecule has 2 heterocycles. The Bertz CT molecular complexity index is 1170. The number of methoxy groups -OCH3 is 1. The van der Waals surface area contributed by atoms with Gasteiger partial charge in [0.2, 0.25) is 5.91 Å². The number of nitrogens with zero attached hydrogens (tertiary/aromatic N) is 4. The highest BCUT2D eigenvalue weighted by Crippen LogP contribution is 2.31. The summed E-state index contributed by atoms with van der Waals surface area (Å²) in [5.74, 6) is 1.50. The quantitative estimate of drug-likeness (QED) is 0.373. The van der Waals surface area contributed by atoms with E-state index < -0.39 is 0 Å². The van der Waals surface area contributed by atoms with Crippen LogP contribution in [0.15, 0.2) is 59.1 Å². The molecule has 8 heteroatoms. The number of fused-ring (bicyclic) bond motifs is 1. The van der Waals surface area contributed by atoms with Crippen LogP contribution in [0.1, 0.15) is 19.5 Å². The predicted octanol–water partition coefficient (Wildman–Crippen LogP) is 5.16. The van der Waals surface area contributed by atoms with Crippen LogP contribution in [0.3, 0.4) is 0 Å². The SMILES string of the molecule is CCN(C(C)=O)c1nc(CSc2nc3ccccc3n2-c2ccc(OC)cc2)cs1. The van der Waals surface area contributed by atoms with E-state index in [1.165, 1.54) is 11.3 Å². The van der Waals surface area contributed by atoms with E-state index >= 15 is 0 Å². The molecule has 0 aliphatic carbocycles. The van der Waals surface area contributed by atoms with Crippen molar-refractivity contribution in [1.29, 1.82) is 0 Å². The van der Waals surface area contributed by atoms with Gasteiger partial charge in [-0.15, -0.1) is 11.3 Å². The number of amides is 1. The smallest absolute Gasteiger partial charge is 0.225 e. The van der Waals surface area contributed by atoms with E-state index in [1.807, 2.05) is 54.8 Å². The summed E-state index contributed by atoms with van der Waals surface area (Å²) in [5.41, 5.74) is 3.97. The first-order valence-electron chi connectivity index (χ1n) is 9.58. The minimum absolute atomic E-state index is 0.00681. The molecule has 0 N–H and O–H groups in total. The van der Waals surface area contributed by atoms with E-state index in [1.54, 1.807) is 30.7 Å². The summed E-state index contributed by atoms with van der Waals surface area (Å²) in [4.78, 5) is 22.9. The summed E-state index contributed by atoms with van der Waals surface area (Å²) in [6.45, 7) is 4.13. The lowest BCUT2D eigenvalue weighted by molar-refractivity contribution is -0.116. The van der Waals surface area contributed by atoms with E-state index in [0.29, 0.717) is 12.3 Å². The molecular formula is C22H22N4O2S2. The van der Waals surface area contributed by atoms with Crippen LogP contribution in [0.2, 0.25) is 0 Å². The van der Waals surface area contributed by atoms with Gasteiger partial charge in [-0.25, -0.2) is 9.97 Å². The van der Waals surface area contributed by atoms with Crippen LogP contribution in [0.5, 0.6) is 5.75 Å². The second-order valence-corrected chi connectivity index (χ2v) is 8.37. The van der Waals surface area contributed by atoms with Crippen LogP contribution >= 0.6 is 23.1 Å². The zero-order chi connectivity index (χ0) is 21.1. The number of thioether (sulfide) groups is 1. The highest BCUT2D eigenvalue weighted by Gasteiger charge is 2.16. The maximum absolute atomic E-state index is 11.8. The van der Waals surface area contributed by atoms with Gasteiger partial charge in [-0.05, 0) is 43.3 Å². The Morgan fingerprint density at radius 3 is 2.63 bits per heavy atom. The molecule has 4 rings (SSSR count). The van der Waals surface area contributed by atoms with Gasteiger partial charge < -0.3 is 4.74 Å². The molecular weight excluding hydrogens is 416 g/mol. The lowest BCUT2D eigenvalue weighted by Gasteiger charge is -2.14. The van der Waals surface area contributed by atoms with Gasteiger partial charge in [0.15, 0.2) is 10.3 Å². The first-order valence-corrected chi connectivity index (χ1v) is 11.4. The number of imidazole rings is 1. The molecule has 0 atom stereocenters. The van der Waals surface area contributed by atoms with Crippen molar-refractivity contribution in [3.05, 3.63) is 59.6 Å². The molecule has 6 nitrogen and oxygen atoms in total. The van der Waals surface area contributed by atoms with Crippen molar-refractivity contribution in [3.63, 3.8) is 0 Å². The molecule has 0 spiro atoms. The van der Waals surface area contributed by atoms with Gasteiger partial charge in [-0.2, -0.15) is 0 Å². The van der Waals surface area contributed by atoms with Gasteiger partial charge in [-0.3, -0.25) is 14.3 Å². The third-order valence-corrected chi connectivity index (χ3v) is 6.56. The Labute approximate surface area is 183 Å². The Morgan fingerprint density at radius 2 is 1.93 bits per heavy atom. The third-order valence-electron chi connectivity index (χ3n) is 4.68. The molecule has 0 bridgehead atoms. The van der Waals surface area contributed by atoms with E-state index in [9.17, 15) is 4.79 Å². The first-order chi connectivity index (χ1) is 14.6. The van der Waals surface area contributed by atoms with Crippen molar-refractivity contribution in [2.75, 3.05) is 18.6 Å². The molecule has 2 aromatic carbocycles. The minimum Gasteiger partial charge on any atom is -0.497 e. The van der Waals surface area contributed by atoms with Crippen molar-refractivity contribution < 1.29 is 9.53 Å². The Hall–Kier alpha value is -2.84. The van der Waals surface area contributed by atoms with Crippen molar-refractivity contribution in [2.24, 2.45) is 0 Å². The molecule has 1 amide bonds. The molecule has 2 aromatic heterocycles. The summed E-state index contributed by atoms with van der Waals surface area (Å²) < 4.78 is 7.45. The molecule has 0 saturated carbocycles. The standard InChI is InChI=1S/C22H22N4O2S2/c1-4-25(15(2)27)21-23-16(13-29-21)14-30-22-24-19-7-5-6-8-20(19)26(22)17-9-11-18(28-3)12-10-17/h5-13H,4,14H2,1-3H3. The molecule has 0 aliphatic heterocycles. The van der Waals surface area contributed by atoms with Gasteiger partial charge in [0.1, 0.15) is 5.75 Å². The second-order valence-electron chi connectivity index (χ2n) is 6.59. The number of anilines is 1. The minimum atomic E-state index is 0.00681. The van der Waals surface area contributed by atoms with Gasteiger partial charge in [0.25, 0.3) is 0 Å². The molecule has 154 valence electrons. The molecule has 0 aliphatic rings. The molecule has 30 heavy (non-hydrogen) atoms. The number of para-hydroxylation sites is 2. The Morgan fingerprint density at radius 1 is 1.17 bits per heavy atom. The molecule has 0 fully saturated rings. The first kappa shape index (κ1) is 20.4. The third kappa shape index (κ3) is 4.06. The molecule has 4 aromatic rings. The van der Waals surface area contributed by atoms with E-state index in [0.717, 1.165) is 38.5 Å². The zero-order valence-electron chi connectivity index (χ0n) is 17.0. The highest BCUT2D eigenvalue weighted by atomic mass is 32.2. The van der Waals surface area contributed by atoms with Crippen LogP contribution in [-0.4, -0.2) is 34.1 Å². The number of hydrogen-bond donors (Lipinski definition) is 0. The maximum Gasteiger partial charge on any atom is 0.225 e. The average Bonchev–Trinajstić information content (AvgIpc) is 3.37. The van der Waals surface area contributed by atoms with E-state index in [4.69, 9.17) is 9.72 Å². The fourth-order valence-corrected chi connectivity index (χ4v) is 5.16. The van der Waals surface area contributed by atoms with Crippen molar-refractivity contribution >= 4 is 45.2 Å². The zero-order valence-corrected chi connectivity index (χ0v) is 18.7. The number of aromatic nitrogens is 3. The fourth-order valence-electron chi connectivity index (χ4n) is 3.20. The van der Waals surface area contributed by atoms with Crippen molar-refractivity contribution in [3.8, 4) is 11.4 Å². The van der Waals surface area contributed by atoms with Gasteiger partial charge >= 0.3 is 0 Å². The lowest BCUT2D eigenvalue weighted by Crippen LogP contribution is -2.27. The summed E-state index contributed by atoms with van der Waals surface area (Å²) in [6, 6.07) is 16.1. The van der Waals surface area contributed by atoms with Crippen molar-refractivity contribution in [2.45, 2.75) is 24.8 Å². The van der Waals surface area contributed by atoms with Crippen molar-refractivity contribution in [1.82, 2.24) is 14.5 Å². The highest BCUT2D eigenvalue weighted by molar-refractivity contribution is 7.98. The maximum atomic E-state index is 11.8. The number of carbonyl (C=O) groups is 1. The van der Waals surface area contributed by atoms with Crippen LogP contribution < -0.4 is 9.64 Å². The summed E-state index contributed by atoms with van der Waals surface area (Å²) in [7, 11) is 1.66. The average molecular weight is 439 g/mol. The largest absolute Gasteiger partial charge is 0.497 e. The second kappa shape index (κ2) is 8.89.